The number of nitrogens with one attached hydrogen (secondary N) is 1. The molecule has 3 aliphatic rings. The number of carbonyl (C=O) groups is 1. The van der Waals surface area contributed by atoms with Crippen molar-refractivity contribution in [3.05, 3.63) is 53.6 Å². The number of rotatable bonds is 4. The van der Waals surface area contributed by atoms with Crippen molar-refractivity contribution in [2.24, 2.45) is 5.92 Å². The fourth-order valence-corrected chi connectivity index (χ4v) is 5.41. The Labute approximate surface area is 198 Å². The molecular weight excluding hydrogens is 441 g/mol. The zero-order chi connectivity index (χ0) is 23.9. The van der Waals surface area contributed by atoms with Crippen LogP contribution in [0.1, 0.15) is 41.6 Å². The van der Waals surface area contributed by atoms with Crippen LogP contribution < -0.4 is 10.2 Å². The van der Waals surface area contributed by atoms with Gasteiger partial charge in [-0.05, 0) is 93.8 Å². The molecule has 0 aliphatic carbocycles. The van der Waals surface area contributed by atoms with Gasteiger partial charge in [0.2, 0.25) is 0 Å². The summed E-state index contributed by atoms with van der Waals surface area (Å²) in [7, 11) is 2.12. The summed E-state index contributed by atoms with van der Waals surface area (Å²) >= 11 is 0. The maximum Gasteiger partial charge on any atom is 0.391 e. The van der Waals surface area contributed by atoms with Gasteiger partial charge in [0.05, 0.1) is 5.92 Å². The summed E-state index contributed by atoms with van der Waals surface area (Å²) in [5, 5.41) is 3.40. The standard InChI is InChI=1S/C26H31F3N4O/c1-31-12-10-23(11-13-31)33-17-18-16-21(4-7-24(18)25(33)34)30-20-2-5-22(6-3-20)32-14-8-19(9-15-32)26(27,28)29/h2-7,16,19,23,30H,8-15,17H2,1H3. The van der Waals surface area contributed by atoms with Crippen molar-refractivity contribution < 1.29 is 18.0 Å². The summed E-state index contributed by atoms with van der Waals surface area (Å²) in [4.78, 5) is 19.3. The minimum absolute atomic E-state index is 0.134. The fraction of sp³-hybridized carbons (Fsp3) is 0.500. The first-order valence-electron chi connectivity index (χ1n) is 12.1. The van der Waals surface area contributed by atoms with Crippen molar-refractivity contribution in [3.63, 3.8) is 0 Å². The minimum Gasteiger partial charge on any atom is -0.372 e. The third-order valence-corrected chi connectivity index (χ3v) is 7.55. The maximum absolute atomic E-state index is 12.9. The minimum atomic E-state index is -4.09. The van der Waals surface area contributed by atoms with Gasteiger partial charge in [0.1, 0.15) is 0 Å². The molecule has 2 aromatic carbocycles. The number of halogens is 3. The molecular formula is C26H31F3N4O. The fourth-order valence-electron chi connectivity index (χ4n) is 5.41. The Kier molecular flexibility index (Phi) is 6.18. The zero-order valence-electron chi connectivity index (χ0n) is 19.4. The van der Waals surface area contributed by atoms with E-state index < -0.39 is 12.1 Å². The predicted octanol–water partition coefficient (Wildman–Crippen LogP) is 5.26. The van der Waals surface area contributed by atoms with Crippen molar-refractivity contribution >= 4 is 23.0 Å². The van der Waals surface area contributed by atoms with E-state index in [4.69, 9.17) is 0 Å². The van der Waals surface area contributed by atoms with Crippen LogP contribution in [0.2, 0.25) is 0 Å². The number of fused-ring (bicyclic) bond motifs is 1. The highest BCUT2D eigenvalue weighted by Crippen LogP contribution is 2.36. The van der Waals surface area contributed by atoms with Crippen LogP contribution in [0.4, 0.5) is 30.2 Å². The Bertz CT molecular complexity index is 1020. The molecule has 0 spiro atoms. The van der Waals surface area contributed by atoms with Crippen molar-refractivity contribution in [1.29, 1.82) is 0 Å². The molecule has 0 bridgehead atoms. The first-order valence-corrected chi connectivity index (χ1v) is 12.1. The van der Waals surface area contributed by atoms with E-state index in [0.29, 0.717) is 25.7 Å². The highest BCUT2D eigenvalue weighted by atomic mass is 19.4. The summed E-state index contributed by atoms with van der Waals surface area (Å²) in [5.41, 5.74) is 4.63. The molecule has 2 aromatic rings. The Morgan fingerprint density at radius 1 is 0.882 bits per heavy atom. The van der Waals surface area contributed by atoms with Crippen LogP contribution in [0.5, 0.6) is 0 Å². The topological polar surface area (TPSA) is 38.8 Å². The largest absolute Gasteiger partial charge is 0.391 e. The second-order valence-corrected chi connectivity index (χ2v) is 9.81. The molecule has 182 valence electrons. The van der Waals surface area contributed by atoms with E-state index in [9.17, 15) is 18.0 Å². The summed E-state index contributed by atoms with van der Waals surface area (Å²) in [5.74, 6) is -1.05. The van der Waals surface area contributed by atoms with Crippen LogP contribution in [-0.4, -0.2) is 61.2 Å². The van der Waals surface area contributed by atoms with Gasteiger partial charge < -0.3 is 20.0 Å². The van der Waals surface area contributed by atoms with E-state index in [1.54, 1.807) is 0 Å². The van der Waals surface area contributed by atoms with Gasteiger partial charge in [-0.1, -0.05) is 0 Å². The van der Waals surface area contributed by atoms with Crippen LogP contribution in [0.3, 0.4) is 0 Å². The third-order valence-electron chi connectivity index (χ3n) is 7.55. The van der Waals surface area contributed by atoms with E-state index in [2.05, 4.69) is 23.3 Å². The molecule has 3 aliphatic heterocycles. The molecule has 2 fully saturated rings. The highest BCUT2D eigenvalue weighted by Gasteiger charge is 2.41. The number of amides is 1. The number of piperidine rings is 2. The lowest BCUT2D eigenvalue weighted by molar-refractivity contribution is -0.179. The van der Waals surface area contributed by atoms with Crippen molar-refractivity contribution in [3.8, 4) is 0 Å². The van der Waals surface area contributed by atoms with Gasteiger partial charge in [-0.3, -0.25) is 4.79 Å². The summed E-state index contributed by atoms with van der Waals surface area (Å²) in [6, 6.07) is 14.0. The highest BCUT2D eigenvalue weighted by molar-refractivity contribution is 5.99. The van der Waals surface area contributed by atoms with Gasteiger partial charge in [0, 0.05) is 48.3 Å². The van der Waals surface area contributed by atoms with E-state index in [1.807, 2.05) is 46.2 Å². The summed E-state index contributed by atoms with van der Waals surface area (Å²) in [6.45, 7) is 3.54. The van der Waals surface area contributed by atoms with Crippen molar-refractivity contribution in [2.45, 2.75) is 44.4 Å². The molecule has 34 heavy (non-hydrogen) atoms. The van der Waals surface area contributed by atoms with E-state index in [-0.39, 0.29) is 18.7 Å². The molecule has 0 atom stereocenters. The molecule has 5 nitrogen and oxygen atoms in total. The number of likely N-dealkylation sites (tertiary alicyclic amines) is 1. The third kappa shape index (κ3) is 4.73. The van der Waals surface area contributed by atoms with Crippen LogP contribution in [-0.2, 0) is 6.54 Å². The predicted molar refractivity (Wildman–Crippen MR) is 128 cm³/mol. The van der Waals surface area contributed by atoms with Crippen molar-refractivity contribution in [1.82, 2.24) is 9.80 Å². The zero-order valence-corrected chi connectivity index (χ0v) is 19.4. The second-order valence-electron chi connectivity index (χ2n) is 9.81. The maximum atomic E-state index is 12.9. The Balaban J connectivity index is 1.20. The molecule has 5 rings (SSSR count). The van der Waals surface area contributed by atoms with Gasteiger partial charge in [-0.15, -0.1) is 0 Å². The Morgan fingerprint density at radius 2 is 1.53 bits per heavy atom. The quantitative estimate of drug-likeness (QED) is 0.659. The lowest BCUT2D eigenvalue weighted by Crippen LogP contribution is -2.43. The van der Waals surface area contributed by atoms with E-state index in [1.165, 1.54) is 0 Å². The molecule has 1 amide bonds. The molecule has 2 saturated heterocycles. The van der Waals surface area contributed by atoms with Crippen molar-refractivity contribution in [2.75, 3.05) is 43.4 Å². The lowest BCUT2D eigenvalue weighted by atomic mass is 9.96. The summed E-state index contributed by atoms with van der Waals surface area (Å²) in [6.07, 6.45) is -1.77. The number of alkyl halides is 3. The summed E-state index contributed by atoms with van der Waals surface area (Å²) < 4.78 is 38.7. The van der Waals surface area contributed by atoms with Gasteiger partial charge in [-0.25, -0.2) is 0 Å². The molecule has 3 heterocycles. The van der Waals surface area contributed by atoms with Crippen LogP contribution in [0.25, 0.3) is 0 Å². The lowest BCUT2D eigenvalue weighted by Gasteiger charge is -2.34. The normalized spacial score (nSPS) is 20.6. The molecule has 0 radical (unpaired) electrons. The average molecular weight is 473 g/mol. The first-order chi connectivity index (χ1) is 16.3. The Hall–Kier alpha value is -2.74. The van der Waals surface area contributed by atoms with E-state index >= 15 is 0 Å². The van der Waals surface area contributed by atoms with E-state index in [0.717, 1.165) is 54.1 Å². The smallest absolute Gasteiger partial charge is 0.372 e. The van der Waals surface area contributed by atoms with Gasteiger partial charge in [0.25, 0.3) is 5.91 Å². The molecule has 1 N–H and O–H groups in total. The number of hydrogen-bond acceptors (Lipinski definition) is 4. The molecule has 8 heteroatoms. The van der Waals surface area contributed by atoms with Gasteiger partial charge in [-0.2, -0.15) is 13.2 Å². The number of hydrogen-bond donors (Lipinski definition) is 1. The first kappa shape index (κ1) is 23.0. The molecule has 0 saturated carbocycles. The number of nitrogens with zero attached hydrogens (tertiary/aromatic N) is 3. The van der Waals surface area contributed by atoms with Gasteiger partial charge in [0.15, 0.2) is 0 Å². The number of anilines is 3. The van der Waals surface area contributed by atoms with Crippen LogP contribution in [0, 0.1) is 5.92 Å². The second kappa shape index (κ2) is 9.13. The Morgan fingerprint density at radius 3 is 2.18 bits per heavy atom. The average Bonchev–Trinajstić information content (AvgIpc) is 3.15. The van der Waals surface area contributed by atoms with Crippen LogP contribution >= 0.6 is 0 Å². The van der Waals surface area contributed by atoms with Crippen LogP contribution in [0.15, 0.2) is 42.5 Å². The number of benzene rings is 2. The molecule has 0 aromatic heterocycles. The number of carbonyl (C=O) groups excluding carboxylic acids is 1. The van der Waals surface area contributed by atoms with Gasteiger partial charge >= 0.3 is 6.18 Å². The molecule has 0 unspecified atom stereocenters. The monoisotopic (exact) mass is 472 g/mol. The SMILES string of the molecule is CN1CCC(N2Cc3cc(Nc4ccc(N5CCC(C(F)(F)F)CC5)cc4)ccc3C2=O)CC1.